The molecule has 0 aromatic carbocycles. The Morgan fingerprint density at radius 2 is 1.80 bits per heavy atom. The molecule has 0 aromatic rings. The highest BCUT2D eigenvalue weighted by Crippen LogP contribution is 2.23. The Balaban J connectivity index is 1.78. The second-order valence-corrected chi connectivity index (χ2v) is 7.57. The fourth-order valence-corrected chi connectivity index (χ4v) is 3.92. The molecule has 0 bridgehead atoms. The van der Waals surface area contributed by atoms with Crippen molar-refractivity contribution >= 4 is 5.96 Å². The molecule has 1 saturated carbocycles. The van der Waals surface area contributed by atoms with Crippen LogP contribution in [0.3, 0.4) is 0 Å². The average Bonchev–Trinajstić information content (AvgIpc) is 3.05. The van der Waals surface area contributed by atoms with E-state index in [1.807, 2.05) is 0 Å². The molecule has 1 atom stereocenters. The molecule has 2 aliphatic rings. The third-order valence-electron chi connectivity index (χ3n) is 5.43. The van der Waals surface area contributed by atoms with Crippen LogP contribution < -0.4 is 5.32 Å². The van der Waals surface area contributed by atoms with Crippen molar-refractivity contribution in [3.8, 4) is 0 Å². The Bertz CT molecular complexity index is 368. The Labute approximate surface area is 154 Å². The van der Waals surface area contributed by atoms with Crippen LogP contribution in [0.4, 0.5) is 0 Å². The fourth-order valence-electron chi connectivity index (χ4n) is 3.92. The molecule has 5 nitrogen and oxygen atoms in total. The van der Waals surface area contributed by atoms with E-state index in [0.29, 0.717) is 19.1 Å². The van der Waals surface area contributed by atoms with Gasteiger partial charge in [-0.15, -0.1) is 0 Å². The van der Waals surface area contributed by atoms with Gasteiger partial charge in [-0.3, -0.25) is 4.99 Å². The number of hydrogen-bond acceptors (Lipinski definition) is 3. The number of rotatable bonds is 8. The first kappa shape index (κ1) is 20.5. The molecule has 0 aromatic heterocycles. The molecule has 1 aliphatic heterocycles. The highest BCUT2D eigenvalue weighted by atomic mass is 16.5. The minimum absolute atomic E-state index is 0.613. The second-order valence-electron chi connectivity index (χ2n) is 7.57. The van der Waals surface area contributed by atoms with Crippen molar-refractivity contribution < 1.29 is 9.47 Å². The van der Waals surface area contributed by atoms with E-state index in [2.05, 4.69) is 17.1 Å². The lowest BCUT2D eigenvalue weighted by Gasteiger charge is -2.23. The summed E-state index contributed by atoms with van der Waals surface area (Å²) in [5, 5.41) is 3.50. The van der Waals surface area contributed by atoms with Gasteiger partial charge in [-0.05, 0) is 32.1 Å². The van der Waals surface area contributed by atoms with Gasteiger partial charge in [0, 0.05) is 39.2 Å². The van der Waals surface area contributed by atoms with E-state index >= 15 is 0 Å². The smallest absolute Gasteiger partial charge is 0.193 e. The van der Waals surface area contributed by atoms with Gasteiger partial charge in [0.05, 0.1) is 19.8 Å². The van der Waals surface area contributed by atoms with Crippen molar-refractivity contribution in [2.75, 3.05) is 53.1 Å². The monoisotopic (exact) mass is 353 g/mol. The van der Waals surface area contributed by atoms with Crippen LogP contribution in [0.15, 0.2) is 4.99 Å². The van der Waals surface area contributed by atoms with Gasteiger partial charge in [0.25, 0.3) is 0 Å². The number of likely N-dealkylation sites (tertiary alicyclic amines) is 1. The average molecular weight is 354 g/mol. The minimum atomic E-state index is 0.613. The zero-order chi connectivity index (χ0) is 17.7. The molecule has 1 saturated heterocycles. The number of nitrogens with one attached hydrogen (secondary N) is 1. The highest BCUT2D eigenvalue weighted by Gasteiger charge is 2.25. The van der Waals surface area contributed by atoms with Gasteiger partial charge in [0.15, 0.2) is 5.96 Å². The van der Waals surface area contributed by atoms with Crippen molar-refractivity contribution in [1.82, 2.24) is 10.2 Å². The van der Waals surface area contributed by atoms with Crippen LogP contribution in [0, 0.1) is 11.8 Å². The molecule has 0 spiro atoms. The number of aliphatic imine (C=N–C) groups is 1. The van der Waals surface area contributed by atoms with Gasteiger partial charge < -0.3 is 19.7 Å². The van der Waals surface area contributed by atoms with E-state index < -0.39 is 0 Å². The van der Waals surface area contributed by atoms with E-state index in [1.165, 1.54) is 51.4 Å². The molecule has 0 amide bonds. The number of methoxy groups -OCH3 is 1. The maximum absolute atomic E-state index is 5.71. The predicted molar refractivity (Wildman–Crippen MR) is 104 cm³/mol. The molecular formula is C20H39N3O2. The molecular weight excluding hydrogens is 314 g/mol. The summed E-state index contributed by atoms with van der Waals surface area (Å²) in [6.07, 6.45) is 11.0. The number of nitrogens with zero attached hydrogens (tertiary/aromatic N) is 2. The molecule has 5 heteroatoms. The quantitative estimate of drug-likeness (QED) is 0.413. The maximum Gasteiger partial charge on any atom is 0.193 e. The second kappa shape index (κ2) is 12.5. The minimum Gasteiger partial charge on any atom is -0.382 e. The molecule has 1 N–H and O–H groups in total. The summed E-state index contributed by atoms with van der Waals surface area (Å²) in [7, 11) is 1.72. The van der Waals surface area contributed by atoms with Crippen LogP contribution in [0.5, 0.6) is 0 Å². The van der Waals surface area contributed by atoms with E-state index in [-0.39, 0.29) is 0 Å². The molecule has 146 valence electrons. The van der Waals surface area contributed by atoms with Gasteiger partial charge in [-0.1, -0.05) is 32.1 Å². The summed E-state index contributed by atoms with van der Waals surface area (Å²) in [4.78, 5) is 7.43. The van der Waals surface area contributed by atoms with Crippen LogP contribution in [-0.4, -0.2) is 64.0 Å². The first-order chi connectivity index (χ1) is 12.3. The van der Waals surface area contributed by atoms with Crippen LogP contribution in [0.25, 0.3) is 0 Å². The normalized spacial score (nSPS) is 23.5. The van der Waals surface area contributed by atoms with Gasteiger partial charge in [-0.25, -0.2) is 0 Å². The lowest BCUT2D eigenvalue weighted by Crippen LogP contribution is -2.40. The predicted octanol–water partition coefficient (Wildman–Crippen LogP) is 3.30. The van der Waals surface area contributed by atoms with E-state index in [0.717, 1.165) is 44.7 Å². The summed E-state index contributed by atoms with van der Waals surface area (Å²) in [6.45, 7) is 8.46. The number of ether oxygens (including phenoxy) is 2. The van der Waals surface area contributed by atoms with Gasteiger partial charge in [-0.2, -0.15) is 0 Å². The van der Waals surface area contributed by atoms with Crippen LogP contribution in [-0.2, 0) is 9.47 Å². The molecule has 2 fully saturated rings. The lowest BCUT2D eigenvalue weighted by atomic mass is 9.91. The maximum atomic E-state index is 5.71. The molecule has 1 aliphatic carbocycles. The standard InChI is InChI=1S/C20H39N3O2/c1-3-21-20(22-15-18-9-7-5-4-6-8-10-18)23-12-11-19(16-23)17-25-14-13-24-2/h18-19H,3-17H2,1-2H3,(H,21,22). The molecule has 1 heterocycles. The number of hydrogen-bond donors (Lipinski definition) is 1. The summed E-state index contributed by atoms with van der Waals surface area (Å²) in [6, 6.07) is 0. The topological polar surface area (TPSA) is 46.1 Å². The first-order valence-corrected chi connectivity index (χ1v) is 10.4. The van der Waals surface area contributed by atoms with Crippen molar-refractivity contribution in [3.63, 3.8) is 0 Å². The summed E-state index contributed by atoms with van der Waals surface area (Å²) < 4.78 is 10.8. The SMILES string of the molecule is CCNC(=NCC1CCCCCCC1)N1CCC(COCCOC)C1. The van der Waals surface area contributed by atoms with E-state index in [1.54, 1.807) is 7.11 Å². The largest absolute Gasteiger partial charge is 0.382 e. The van der Waals surface area contributed by atoms with Crippen LogP contribution in [0.2, 0.25) is 0 Å². The van der Waals surface area contributed by atoms with E-state index in [9.17, 15) is 0 Å². The van der Waals surface area contributed by atoms with Crippen molar-refractivity contribution in [1.29, 1.82) is 0 Å². The van der Waals surface area contributed by atoms with Crippen molar-refractivity contribution in [2.45, 2.75) is 58.3 Å². The zero-order valence-electron chi connectivity index (χ0n) is 16.5. The lowest BCUT2D eigenvalue weighted by molar-refractivity contribution is 0.0536. The third-order valence-corrected chi connectivity index (χ3v) is 5.43. The molecule has 25 heavy (non-hydrogen) atoms. The molecule has 2 rings (SSSR count). The zero-order valence-corrected chi connectivity index (χ0v) is 16.5. The number of guanidine groups is 1. The van der Waals surface area contributed by atoms with E-state index in [4.69, 9.17) is 14.5 Å². The summed E-state index contributed by atoms with van der Waals surface area (Å²) in [5.41, 5.74) is 0. The molecule has 0 radical (unpaired) electrons. The van der Waals surface area contributed by atoms with Gasteiger partial charge in [0.1, 0.15) is 0 Å². The summed E-state index contributed by atoms with van der Waals surface area (Å²) >= 11 is 0. The van der Waals surface area contributed by atoms with Crippen molar-refractivity contribution in [2.24, 2.45) is 16.8 Å². The fraction of sp³-hybridized carbons (Fsp3) is 0.950. The Morgan fingerprint density at radius 1 is 1.04 bits per heavy atom. The summed E-state index contributed by atoms with van der Waals surface area (Å²) in [5.74, 6) is 2.51. The van der Waals surface area contributed by atoms with Gasteiger partial charge in [0.2, 0.25) is 0 Å². The molecule has 1 unspecified atom stereocenters. The Morgan fingerprint density at radius 3 is 2.52 bits per heavy atom. The third kappa shape index (κ3) is 7.95. The van der Waals surface area contributed by atoms with Crippen LogP contribution >= 0.6 is 0 Å². The van der Waals surface area contributed by atoms with Crippen molar-refractivity contribution in [3.05, 3.63) is 0 Å². The van der Waals surface area contributed by atoms with Crippen LogP contribution in [0.1, 0.15) is 58.3 Å². The van der Waals surface area contributed by atoms with Gasteiger partial charge >= 0.3 is 0 Å². The Hall–Kier alpha value is -0.810. The first-order valence-electron chi connectivity index (χ1n) is 10.4. The highest BCUT2D eigenvalue weighted by molar-refractivity contribution is 5.80. The Kier molecular flexibility index (Phi) is 10.3.